The molecule has 2 atom stereocenters. The van der Waals surface area contributed by atoms with Crippen LogP contribution in [0, 0.1) is 11.7 Å². The van der Waals surface area contributed by atoms with Gasteiger partial charge in [0.2, 0.25) is 0 Å². The summed E-state index contributed by atoms with van der Waals surface area (Å²) in [6.45, 7) is 4.55. The fourth-order valence-corrected chi connectivity index (χ4v) is 3.09. The van der Waals surface area contributed by atoms with Crippen LogP contribution in [0.25, 0.3) is 0 Å². The number of likely N-dealkylation sites (N-methyl/N-ethyl adjacent to an activating group) is 1. The van der Waals surface area contributed by atoms with Crippen LogP contribution in [0.15, 0.2) is 24.3 Å². The largest absolute Gasteiger partial charge is 0.381 e. The third kappa shape index (κ3) is 3.78. The number of hydrogen-bond acceptors (Lipinski definition) is 3. The normalized spacial score (nSPS) is 20.1. The molecule has 20 heavy (non-hydrogen) atoms. The van der Waals surface area contributed by atoms with Gasteiger partial charge in [-0.15, -0.1) is 0 Å². The summed E-state index contributed by atoms with van der Waals surface area (Å²) in [6.07, 6.45) is 2.15. The molecule has 1 aromatic carbocycles. The van der Waals surface area contributed by atoms with Gasteiger partial charge in [-0.3, -0.25) is 4.90 Å². The zero-order chi connectivity index (χ0) is 14.5. The van der Waals surface area contributed by atoms with Gasteiger partial charge in [0.05, 0.1) is 6.04 Å². The van der Waals surface area contributed by atoms with E-state index in [1.807, 2.05) is 26.1 Å². The molecule has 0 spiro atoms. The maximum absolute atomic E-state index is 14.0. The van der Waals surface area contributed by atoms with Crippen molar-refractivity contribution >= 4 is 0 Å². The van der Waals surface area contributed by atoms with Crippen LogP contribution in [0.2, 0.25) is 0 Å². The number of benzene rings is 1. The molecule has 0 aromatic heterocycles. The third-order valence-electron chi connectivity index (χ3n) is 4.08. The Morgan fingerprint density at radius 1 is 1.35 bits per heavy atom. The summed E-state index contributed by atoms with van der Waals surface area (Å²) in [5.41, 5.74) is 6.80. The third-order valence-corrected chi connectivity index (χ3v) is 4.08. The molecular formula is C16H25FN2O. The molecule has 2 N–H and O–H groups in total. The second kappa shape index (κ2) is 7.16. The Hall–Kier alpha value is -0.970. The molecule has 0 radical (unpaired) electrons. The van der Waals surface area contributed by atoms with E-state index in [-0.39, 0.29) is 17.9 Å². The number of ether oxygens (including phenoxy) is 1. The predicted octanol–water partition coefficient (Wildman–Crippen LogP) is 2.57. The minimum atomic E-state index is -0.173. The van der Waals surface area contributed by atoms with Crippen molar-refractivity contribution in [3.63, 3.8) is 0 Å². The van der Waals surface area contributed by atoms with Crippen LogP contribution < -0.4 is 5.73 Å². The molecule has 0 aliphatic carbocycles. The Balaban J connectivity index is 2.09. The van der Waals surface area contributed by atoms with Gasteiger partial charge in [0, 0.05) is 31.4 Å². The van der Waals surface area contributed by atoms with Crippen LogP contribution in [0.4, 0.5) is 4.39 Å². The number of nitrogens with zero attached hydrogens (tertiary/aromatic N) is 1. The lowest BCUT2D eigenvalue weighted by molar-refractivity contribution is 0.0484. The standard InChI is InChI=1S/C16H25FN2O/c1-12(18)16(14-5-3-4-6-15(14)17)19(2)11-13-7-9-20-10-8-13/h3-6,12-13,16H,7-11,18H2,1-2H3. The molecule has 0 amide bonds. The second-order valence-corrected chi connectivity index (χ2v) is 5.82. The van der Waals surface area contributed by atoms with Gasteiger partial charge in [0.15, 0.2) is 0 Å². The highest BCUT2D eigenvalue weighted by Crippen LogP contribution is 2.27. The summed E-state index contributed by atoms with van der Waals surface area (Å²) in [7, 11) is 2.04. The van der Waals surface area contributed by atoms with Crippen LogP contribution in [-0.2, 0) is 4.74 Å². The molecule has 4 heteroatoms. The molecule has 1 saturated heterocycles. The molecule has 112 valence electrons. The van der Waals surface area contributed by atoms with Gasteiger partial charge in [-0.25, -0.2) is 4.39 Å². The van der Waals surface area contributed by atoms with Crippen LogP contribution in [0.3, 0.4) is 0 Å². The molecule has 1 heterocycles. The SMILES string of the molecule is CC(N)C(c1ccccc1F)N(C)CC1CCOCC1. The van der Waals surface area contributed by atoms with E-state index in [4.69, 9.17) is 10.5 Å². The molecule has 0 bridgehead atoms. The minimum absolute atomic E-state index is 0.0842. The van der Waals surface area contributed by atoms with Crippen molar-refractivity contribution in [3.8, 4) is 0 Å². The van der Waals surface area contributed by atoms with Crippen LogP contribution >= 0.6 is 0 Å². The van der Waals surface area contributed by atoms with Crippen LogP contribution in [0.1, 0.15) is 31.4 Å². The Morgan fingerprint density at radius 2 is 2.00 bits per heavy atom. The fourth-order valence-electron chi connectivity index (χ4n) is 3.09. The number of hydrogen-bond donors (Lipinski definition) is 1. The first-order valence-corrected chi connectivity index (χ1v) is 7.37. The number of rotatable bonds is 5. The van der Waals surface area contributed by atoms with Gasteiger partial charge in [0.1, 0.15) is 5.82 Å². The monoisotopic (exact) mass is 280 g/mol. The first-order valence-electron chi connectivity index (χ1n) is 7.37. The van der Waals surface area contributed by atoms with E-state index in [9.17, 15) is 4.39 Å². The molecule has 1 aliphatic rings. The van der Waals surface area contributed by atoms with Gasteiger partial charge in [0.25, 0.3) is 0 Å². The van der Waals surface area contributed by atoms with Gasteiger partial charge < -0.3 is 10.5 Å². The lowest BCUT2D eigenvalue weighted by Gasteiger charge is -2.35. The van der Waals surface area contributed by atoms with E-state index < -0.39 is 0 Å². The Bertz CT molecular complexity index is 419. The van der Waals surface area contributed by atoms with Crippen molar-refractivity contribution in [2.75, 3.05) is 26.8 Å². The van der Waals surface area contributed by atoms with E-state index in [1.54, 1.807) is 6.07 Å². The molecule has 3 nitrogen and oxygen atoms in total. The van der Waals surface area contributed by atoms with Crippen molar-refractivity contribution in [3.05, 3.63) is 35.6 Å². The van der Waals surface area contributed by atoms with Crippen molar-refractivity contribution in [1.82, 2.24) is 4.90 Å². The molecule has 1 aliphatic heterocycles. The smallest absolute Gasteiger partial charge is 0.128 e. The second-order valence-electron chi connectivity index (χ2n) is 5.82. The minimum Gasteiger partial charge on any atom is -0.381 e. The highest BCUT2D eigenvalue weighted by atomic mass is 19.1. The zero-order valence-electron chi connectivity index (χ0n) is 12.4. The topological polar surface area (TPSA) is 38.5 Å². The average Bonchev–Trinajstić information content (AvgIpc) is 2.42. The first-order chi connectivity index (χ1) is 9.59. The Morgan fingerprint density at radius 3 is 2.60 bits per heavy atom. The molecule has 1 fully saturated rings. The fraction of sp³-hybridized carbons (Fsp3) is 0.625. The Labute approximate surface area is 120 Å². The van der Waals surface area contributed by atoms with Gasteiger partial charge in [-0.1, -0.05) is 18.2 Å². The summed E-state index contributed by atoms with van der Waals surface area (Å²) in [5.74, 6) is 0.440. The predicted molar refractivity (Wildman–Crippen MR) is 79.0 cm³/mol. The average molecular weight is 280 g/mol. The highest BCUT2D eigenvalue weighted by molar-refractivity contribution is 5.22. The zero-order valence-corrected chi connectivity index (χ0v) is 12.4. The summed E-state index contributed by atoms with van der Waals surface area (Å²) in [6, 6.07) is 6.73. The van der Waals surface area contributed by atoms with E-state index in [0.29, 0.717) is 11.5 Å². The van der Waals surface area contributed by atoms with Gasteiger partial charge >= 0.3 is 0 Å². The Kier molecular flexibility index (Phi) is 5.52. The summed E-state index contributed by atoms with van der Waals surface area (Å²) in [4.78, 5) is 2.19. The van der Waals surface area contributed by atoms with E-state index in [1.165, 1.54) is 6.07 Å². The number of halogens is 1. The molecule has 2 unspecified atom stereocenters. The quantitative estimate of drug-likeness (QED) is 0.901. The first kappa shape index (κ1) is 15.4. The highest BCUT2D eigenvalue weighted by Gasteiger charge is 2.26. The maximum atomic E-state index is 14.0. The van der Waals surface area contributed by atoms with Crippen molar-refractivity contribution < 1.29 is 9.13 Å². The van der Waals surface area contributed by atoms with Gasteiger partial charge in [-0.2, -0.15) is 0 Å². The van der Waals surface area contributed by atoms with Gasteiger partial charge in [-0.05, 0) is 38.8 Å². The van der Waals surface area contributed by atoms with E-state index in [2.05, 4.69) is 4.90 Å². The van der Waals surface area contributed by atoms with E-state index in [0.717, 1.165) is 32.6 Å². The van der Waals surface area contributed by atoms with Crippen LogP contribution in [-0.4, -0.2) is 37.7 Å². The van der Waals surface area contributed by atoms with Crippen molar-refractivity contribution in [2.45, 2.75) is 31.8 Å². The number of nitrogens with two attached hydrogens (primary N) is 1. The van der Waals surface area contributed by atoms with Crippen molar-refractivity contribution in [2.24, 2.45) is 11.7 Å². The molecule has 0 saturated carbocycles. The summed E-state index contributed by atoms with van der Waals surface area (Å²) < 4.78 is 19.4. The maximum Gasteiger partial charge on any atom is 0.128 e. The lowest BCUT2D eigenvalue weighted by atomic mass is 9.95. The summed E-state index contributed by atoms with van der Waals surface area (Å²) >= 11 is 0. The van der Waals surface area contributed by atoms with Crippen LogP contribution in [0.5, 0.6) is 0 Å². The van der Waals surface area contributed by atoms with E-state index >= 15 is 0 Å². The van der Waals surface area contributed by atoms with Crippen molar-refractivity contribution in [1.29, 1.82) is 0 Å². The summed E-state index contributed by atoms with van der Waals surface area (Å²) in [5, 5.41) is 0. The molecular weight excluding hydrogens is 255 g/mol. The lowest BCUT2D eigenvalue weighted by Crippen LogP contribution is -2.40. The molecule has 2 rings (SSSR count). The molecule has 1 aromatic rings.